The van der Waals surface area contributed by atoms with Crippen LogP contribution in [0.1, 0.15) is 27.0 Å². The van der Waals surface area contributed by atoms with Crippen LogP contribution in [-0.2, 0) is 15.8 Å². The van der Waals surface area contributed by atoms with E-state index in [2.05, 4.69) is 10.0 Å². The molecule has 6 nitrogen and oxygen atoms in total. The molecule has 0 unspecified atom stereocenters. The van der Waals surface area contributed by atoms with Crippen molar-refractivity contribution in [2.45, 2.75) is 19.6 Å². The highest BCUT2D eigenvalue weighted by molar-refractivity contribution is 7.91. The summed E-state index contributed by atoms with van der Waals surface area (Å²) in [5.74, 6) is 0.394. The van der Waals surface area contributed by atoms with E-state index in [0.717, 1.165) is 11.1 Å². The smallest absolute Gasteiger partial charge is 0.259 e. The maximum atomic E-state index is 12.7. The lowest BCUT2D eigenvalue weighted by Gasteiger charge is -2.11. The van der Waals surface area contributed by atoms with Crippen molar-refractivity contribution in [2.24, 2.45) is 0 Å². The van der Waals surface area contributed by atoms with Crippen LogP contribution in [-0.4, -0.2) is 14.3 Å². The summed E-state index contributed by atoms with van der Waals surface area (Å²) < 4.78 is 33.5. The number of hydrogen-bond donors (Lipinski definition) is 2. The molecule has 29 heavy (non-hydrogen) atoms. The first-order valence-corrected chi connectivity index (χ1v) is 10.7. The maximum absolute atomic E-state index is 12.7. The van der Waals surface area contributed by atoms with Crippen molar-refractivity contribution < 1.29 is 17.9 Å². The summed E-state index contributed by atoms with van der Waals surface area (Å²) in [6, 6.07) is 17.5. The number of hydrogen-bond acceptors (Lipinski definition) is 4. The summed E-state index contributed by atoms with van der Waals surface area (Å²) in [5.41, 5.74) is 3.81. The van der Waals surface area contributed by atoms with E-state index in [1.807, 2.05) is 44.2 Å². The standard InChI is InChI=1S/C22H20N2O4S/c1-14-4-3-5-16(10-14)13-29(26,27)24-17-7-9-20-18(12-17)22(25)23-19-11-15(2)6-8-21(19)28-20/h3-12,24H,13H2,1-2H3,(H,23,25). The molecule has 0 saturated heterocycles. The van der Waals surface area contributed by atoms with Gasteiger partial charge in [0.1, 0.15) is 5.75 Å². The van der Waals surface area contributed by atoms with Gasteiger partial charge in [0.05, 0.1) is 17.0 Å². The van der Waals surface area contributed by atoms with Crippen LogP contribution in [0.25, 0.3) is 0 Å². The SMILES string of the molecule is Cc1cccc(CS(=O)(=O)Nc2ccc3c(c2)C(=O)Nc2cc(C)ccc2O3)c1. The quantitative estimate of drug-likeness (QED) is 0.661. The van der Waals surface area contributed by atoms with Gasteiger partial charge in [-0.2, -0.15) is 0 Å². The Morgan fingerprint density at radius 1 is 0.931 bits per heavy atom. The molecule has 148 valence electrons. The van der Waals surface area contributed by atoms with Gasteiger partial charge in [-0.3, -0.25) is 9.52 Å². The third-order valence-corrected chi connectivity index (χ3v) is 5.80. The second-order valence-electron chi connectivity index (χ2n) is 7.12. The molecule has 0 atom stereocenters. The minimum absolute atomic E-state index is 0.154. The molecule has 1 aliphatic rings. The number of benzene rings is 3. The fourth-order valence-electron chi connectivity index (χ4n) is 3.24. The summed E-state index contributed by atoms with van der Waals surface area (Å²) in [6.45, 7) is 3.83. The Kier molecular flexibility index (Phi) is 4.76. The molecule has 2 N–H and O–H groups in total. The minimum Gasteiger partial charge on any atom is -0.454 e. The van der Waals surface area contributed by atoms with Gasteiger partial charge in [-0.05, 0) is 55.3 Å². The van der Waals surface area contributed by atoms with Crippen LogP contribution in [0.15, 0.2) is 60.7 Å². The number of amides is 1. The van der Waals surface area contributed by atoms with Crippen molar-refractivity contribution in [1.82, 2.24) is 0 Å². The van der Waals surface area contributed by atoms with Crippen LogP contribution in [0.3, 0.4) is 0 Å². The van der Waals surface area contributed by atoms with Crippen molar-refractivity contribution in [3.05, 3.63) is 82.9 Å². The van der Waals surface area contributed by atoms with E-state index in [9.17, 15) is 13.2 Å². The molecule has 0 aliphatic carbocycles. The second kappa shape index (κ2) is 7.25. The van der Waals surface area contributed by atoms with Gasteiger partial charge in [-0.25, -0.2) is 8.42 Å². The van der Waals surface area contributed by atoms with Crippen LogP contribution in [0, 0.1) is 13.8 Å². The zero-order chi connectivity index (χ0) is 20.6. The summed E-state index contributed by atoms with van der Waals surface area (Å²) in [7, 11) is -3.64. The van der Waals surface area contributed by atoms with Gasteiger partial charge in [-0.1, -0.05) is 35.9 Å². The molecule has 4 rings (SSSR count). The van der Waals surface area contributed by atoms with Gasteiger partial charge in [0.25, 0.3) is 5.91 Å². The van der Waals surface area contributed by atoms with Gasteiger partial charge < -0.3 is 10.1 Å². The van der Waals surface area contributed by atoms with E-state index in [0.29, 0.717) is 28.4 Å². The predicted octanol–water partition coefficient (Wildman–Crippen LogP) is 4.60. The Labute approximate surface area is 169 Å². The van der Waals surface area contributed by atoms with Crippen molar-refractivity contribution in [2.75, 3.05) is 10.0 Å². The molecule has 7 heteroatoms. The summed E-state index contributed by atoms with van der Waals surface area (Å²) in [6.07, 6.45) is 0. The number of carbonyl (C=O) groups excluding carboxylic acids is 1. The van der Waals surface area contributed by atoms with Crippen molar-refractivity contribution in [3.8, 4) is 11.5 Å². The minimum atomic E-state index is -3.64. The van der Waals surface area contributed by atoms with Gasteiger partial charge in [-0.15, -0.1) is 0 Å². The van der Waals surface area contributed by atoms with Crippen molar-refractivity contribution >= 4 is 27.3 Å². The molecule has 0 aromatic heterocycles. The topological polar surface area (TPSA) is 84.5 Å². The first kappa shape index (κ1) is 19.0. The largest absolute Gasteiger partial charge is 0.454 e. The Balaban J connectivity index is 1.59. The van der Waals surface area contributed by atoms with E-state index in [-0.39, 0.29) is 17.2 Å². The molecule has 1 aliphatic heterocycles. The molecule has 1 heterocycles. The molecule has 3 aromatic carbocycles. The van der Waals surface area contributed by atoms with E-state index >= 15 is 0 Å². The number of rotatable bonds is 4. The third kappa shape index (κ3) is 4.25. The molecule has 3 aromatic rings. The summed E-state index contributed by atoms with van der Waals surface area (Å²) >= 11 is 0. The van der Waals surface area contributed by atoms with Crippen LogP contribution >= 0.6 is 0 Å². The van der Waals surface area contributed by atoms with Gasteiger partial charge in [0.2, 0.25) is 10.0 Å². The number of sulfonamides is 1. The van der Waals surface area contributed by atoms with E-state index in [1.54, 1.807) is 24.3 Å². The highest BCUT2D eigenvalue weighted by Gasteiger charge is 2.22. The van der Waals surface area contributed by atoms with Crippen molar-refractivity contribution in [1.29, 1.82) is 0 Å². The average molecular weight is 408 g/mol. The number of carbonyl (C=O) groups is 1. The Hall–Kier alpha value is -3.32. The van der Waals surface area contributed by atoms with E-state index < -0.39 is 10.0 Å². The fraction of sp³-hybridized carbons (Fsp3) is 0.136. The van der Waals surface area contributed by atoms with E-state index in [4.69, 9.17) is 4.74 Å². The zero-order valence-corrected chi connectivity index (χ0v) is 16.8. The molecule has 0 spiro atoms. The summed E-state index contributed by atoms with van der Waals surface area (Å²) in [4.78, 5) is 12.7. The lowest BCUT2D eigenvalue weighted by atomic mass is 10.1. The van der Waals surface area contributed by atoms with Gasteiger partial charge in [0, 0.05) is 5.69 Å². The molecule has 0 saturated carbocycles. The number of aryl methyl sites for hydroxylation is 2. The molecule has 0 fully saturated rings. The Morgan fingerprint density at radius 3 is 2.48 bits per heavy atom. The second-order valence-corrected chi connectivity index (χ2v) is 8.84. The predicted molar refractivity (Wildman–Crippen MR) is 113 cm³/mol. The number of ether oxygens (including phenoxy) is 1. The van der Waals surface area contributed by atoms with Crippen LogP contribution in [0.2, 0.25) is 0 Å². The van der Waals surface area contributed by atoms with Crippen LogP contribution in [0.5, 0.6) is 11.5 Å². The average Bonchev–Trinajstić information content (AvgIpc) is 2.77. The normalized spacial score (nSPS) is 12.8. The highest BCUT2D eigenvalue weighted by atomic mass is 32.2. The molecule has 0 radical (unpaired) electrons. The third-order valence-electron chi connectivity index (χ3n) is 4.54. The molecule has 1 amide bonds. The molecular weight excluding hydrogens is 388 g/mol. The van der Waals surface area contributed by atoms with E-state index in [1.165, 1.54) is 6.07 Å². The maximum Gasteiger partial charge on any atom is 0.259 e. The van der Waals surface area contributed by atoms with Gasteiger partial charge in [0.15, 0.2) is 5.75 Å². The van der Waals surface area contributed by atoms with Crippen molar-refractivity contribution in [3.63, 3.8) is 0 Å². The Morgan fingerprint density at radius 2 is 1.69 bits per heavy atom. The molecule has 0 bridgehead atoms. The number of anilines is 2. The molecular formula is C22H20N2O4S. The number of fused-ring (bicyclic) bond motifs is 2. The summed E-state index contributed by atoms with van der Waals surface area (Å²) in [5, 5.41) is 2.81. The first-order chi connectivity index (χ1) is 13.8. The lowest BCUT2D eigenvalue weighted by molar-refractivity contribution is 0.102. The van der Waals surface area contributed by atoms with Crippen LogP contribution < -0.4 is 14.8 Å². The van der Waals surface area contributed by atoms with Gasteiger partial charge >= 0.3 is 0 Å². The zero-order valence-electron chi connectivity index (χ0n) is 16.0. The first-order valence-electron chi connectivity index (χ1n) is 9.09. The van der Waals surface area contributed by atoms with Crippen LogP contribution in [0.4, 0.5) is 11.4 Å². The lowest BCUT2D eigenvalue weighted by Crippen LogP contribution is -2.16. The fourth-order valence-corrected chi connectivity index (χ4v) is 4.41. The Bertz CT molecular complexity index is 1220. The highest BCUT2D eigenvalue weighted by Crippen LogP contribution is 2.37. The number of nitrogens with one attached hydrogen (secondary N) is 2. The monoisotopic (exact) mass is 408 g/mol.